The monoisotopic (exact) mass is 281 g/mol. The molecule has 0 aliphatic heterocycles. The molecule has 0 bridgehead atoms. The van der Waals surface area contributed by atoms with Gasteiger partial charge in [0.05, 0.1) is 0 Å². The lowest BCUT2D eigenvalue weighted by Crippen LogP contribution is -2.41. The summed E-state index contributed by atoms with van der Waals surface area (Å²) in [6, 6.07) is 6.41. The lowest BCUT2D eigenvalue weighted by Gasteiger charge is -2.18. The Bertz CT molecular complexity index is 408. The number of amides is 2. The van der Waals surface area contributed by atoms with Gasteiger partial charge in [-0.15, -0.1) is 0 Å². The SMILES string of the molecule is CCN(CC)CCNC(=O)NCCc1ccccc1F. The number of halogens is 1. The van der Waals surface area contributed by atoms with Gasteiger partial charge >= 0.3 is 6.03 Å². The van der Waals surface area contributed by atoms with Crippen molar-refractivity contribution >= 4 is 6.03 Å². The van der Waals surface area contributed by atoms with Crippen LogP contribution < -0.4 is 10.6 Å². The Morgan fingerprint density at radius 1 is 1.15 bits per heavy atom. The smallest absolute Gasteiger partial charge is 0.314 e. The molecule has 0 unspecified atom stereocenters. The molecule has 0 aromatic heterocycles. The lowest BCUT2D eigenvalue weighted by atomic mass is 10.1. The van der Waals surface area contributed by atoms with E-state index in [-0.39, 0.29) is 11.8 Å². The second-order valence-corrected chi connectivity index (χ2v) is 4.55. The zero-order chi connectivity index (χ0) is 14.8. The van der Waals surface area contributed by atoms with Gasteiger partial charge < -0.3 is 15.5 Å². The van der Waals surface area contributed by atoms with E-state index in [0.717, 1.165) is 19.6 Å². The predicted octanol–water partition coefficient (Wildman–Crippen LogP) is 2.01. The van der Waals surface area contributed by atoms with E-state index in [1.165, 1.54) is 6.07 Å². The Labute approximate surface area is 120 Å². The molecule has 1 aromatic carbocycles. The number of likely N-dealkylation sites (N-methyl/N-ethyl adjacent to an activating group) is 1. The molecule has 0 fully saturated rings. The van der Waals surface area contributed by atoms with Gasteiger partial charge in [0.15, 0.2) is 0 Å². The van der Waals surface area contributed by atoms with Crippen molar-refractivity contribution in [1.82, 2.24) is 15.5 Å². The fourth-order valence-electron chi connectivity index (χ4n) is 1.94. The molecule has 5 heteroatoms. The summed E-state index contributed by atoms with van der Waals surface area (Å²) in [6.07, 6.45) is 0.496. The molecular weight excluding hydrogens is 257 g/mol. The molecule has 0 aliphatic rings. The molecule has 4 nitrogen and oxygen atoms in total. The van der Waals surface area contributed by atoms with Crippen LogP contribution >= 0.6 is 0 Å². The third kappa shape index (κ3) is 6.02. The summed E-state index contributed by atoms with van der Waals surface area (Å²) in [5, 5.41) is 5.53. The zero-order valence-corrected chi connectivity index (χ0v) is 12.3. The van der Waals surface area contributed by atoms with E-state index in [4.69, 9.17) is 0 Å². The number of carbonyl (C=O) groups excluding carboxylic acids is 1. The molecule has 0 aliphatic carbocycles. The summed E-state index contributed by atoms with van der Waals surface area (Å²) >= 11 is 0. The summed E-state index contributed by atoms with van der Waals surface area (Å²) in [6.45, 7) is 8.04. The molecule has 0 spiro atoms. The molecule has 0 radical (unpaired) electrons. The Kier molecular flexibility index (Phi) is 7.65. The van der Waals surface area contributed by atoms with Gasteiger partial charge in [-0.2, -0.15) is 0 Å². The first-order chi connectivity index (χ1) is 9.67. The highest BCUT2D eigenvalue weighted by Crippen LogP contribution is 2.05. The van der Waals surface area contributed by atoms with Gasteiger partial charge in [0.1, 0.15) is 5.82 Å². The summed E-state index contributed by atoms with van der Waals surface area (Å²) in [7, 11) is 0. The zero-order valence-electron chi connectivity index (χ0n) is 12.3. The van der Waals surface area contributed by atoms with Crippen molar-refractivity contribution < 1.29 is 9.18 Å². The van der Waals surface area contributed by atoms with Crippen molar-refractivity contribution in [3.8, 4) is 0 Å². The molecule has 20 heavy (non-hydrogen) atoms. The van der Waals surface area contributed by atoms with E-state index in [2.05, 4.69) is 29.4 Å². The Balaban J connectivity index is 2.16. The van der Waals surface area contributed by atoms with Gasteiger partial charge in [0.2, 0.25) is 0 Å². The van der Waals surface area contributed by atoms with Crippen molar-refractivity contribution in [3.63, 3.8) is 0 Å². The minimum absolute atomic E-state index is 0.200. The number of hydrogen-bond donors (Lipinski definition) is 2. The van der Waals surface area contributed by atoms with E-state index in [0.29, 0.717) is 25.1 Å². The molecule has 0 heterocycles. The second-order valence-electron chi connectivity index (χ2n) is 4.55. The molecule has 2 amide bonds. The van der Waals surface area contributed by atoms with E-state index < -0.39 is 0 Å². The first-order valence-electron chi connectivity index (χ1n) is 7.14. The number of nitrogens with one attached hydrogen (secondary N) is 2. The highest BCUT2D eigenvalue weighted by atomic mass is 19.1. The number of benzene rings is 1. The van der Waals surface area contributed by atoms with Gasteiger partial charge in [-0.05, 0) is 31.1 Å². The molecule has 0 atom stereocenters. The summed E-state index contributed by atoms with van der Waals surface area (Å²) in [5.74, 6) is -0.226. The van der Waals surface area contributed by atoms with Crippen molar-refractivity contribution in [2.75, 3.05) is 32.7 Å². The maximum Gasteiger partial charge on any atom is 0.314 e. The van der Waals surface area contributed by atoms with Crippen LogP contribution in [0, 0.1) is 5.82 Å². The summed E-state index contributed by atoms with van der Waals surface area (Å²) in [5.41, 5.74) is 0.621. The molecule has 2 N–H and O–H groups in total. The maximum atomic E-state index is 13.3. The van der Waals surface area contributed by atoms with Crippen LogP contribution in [0.5, 0.6) is 0 Å². The van der Waals surface area contributed by atoms with Crippen molar-refractivity contribution in [2.45, 2.75) is 20.3 Å². The van der Waals surface area contributed by atoms with Gasteiger partial charge in [-0.3, -0.25) is 0 Å². The van der Waals surface area contributed by atoms with E-state index in [1.807, 2.05) is 0 Å². The van der Waals surface area contributed by atoms with Crippen LogP contribution in [-0.2, 0) is 6.42 Å². The van der Waals surface area contributed by atoms with Crippen molar-refractivity contribution in [2.24, 2.45) is 0 Å². The molecule has 112 valence electrons. The van der Waals surface area contributed by atoms with Crippen LogP contribution in [-0.4, -0.2) is 43.7 Å². The Morgan fingerprint density at radius 2 is 1.80 bits per heavy atom. The fraction of sp³-hybridized carbons (Fsp3) is 0.533. The van der Waals surface area contributed by atoms with Crippen LogP contribution in [0.2, 0.25) is 0 Å². The first-order valence-corrected chi connectivity index (χ1v) is 7.14. The molecular formula is C15H24FN3O. The number of carbonyl (C=O) groups is 1. The Hall–Kier alpha value is -1.62. The number of rotatable bonds is 8. The van der Waals surface area contributed by atoms with Crippen LogP contribution in [0.15, 0.2) is 24.3 Å². The van der Waals surface area contributed by atoms with Gasteiger partial charge in [0.25, 0.3) is 0 Å². The van der Waals surface area contributed by atoms with Crippen molar-refractivity contribution in [3.05, 3.63) is 35.6 Å². The Morgan fingerprint density at radius 3 is 2.45 bits per heavy atom. The van der Waals surface area contributed by atoms with Crippen LogP contribution in [0.25, 0.3) is 0 Å². The van der Waals surface area contributed by atoms with Gasteiger partial charge in [-0.1, -0.05) is 32.0 Å². The highest BCUT2D eigenvalue weighted by molar-refractivity contribution is 5.73. The molecule has 0 saturated carbocycles. The predicted molar refractivity (Wildman–Crippen MR) is 79.3 cm³/mol. The quantitative estimate of drug-likeness (QED) is 0.765. The average Bonchev–Trinajstić information content (AvgIpc) is 2.46. The van der Waals surface area contributed by atoms with Crippen LogP contribution in [0.3, 0.4) is 0 Å². The van der Waals surface area contributed by atoms with E-state index in [1.54, 1.807) is 18.2 Å². The van der Waals surface area contributed by atoms with E-state index >= 15 is 0 Å². The van der Waals surface area contributed by atoms with Gasteiger partial charge in [-0.25, -0.2) is 9.18 Å². The minimum Gasteiger partial charge on any atom is -0.338 e. The summed E-state index contributed by atoms with van der Waals surface area (Å²) in [4.78, 5) is 13.8. The number of hydrogen-bond acceptors (Lipinski definition) is 2. The minimum atomic E-state index is -0.226. The third-order valence-electron chi connectivity index (χ3n) is 3.25. The average molecular weight is 281 g/mol. The maximum absolute atomic E-state index is 13.3. The highest BCUT2D eigenvalue weighted by Gasteiger charge is 2.03. The molecule has 1 rings (SSSR count). The van der Waals surface area contributed by atoms with Crippen LogP contribution in [0.4, 0.5) is 9.18 Å². The fourth-order valence-corrected chi connectivity index (χ4v) is 1.94. The first kappa shape index (κ1) is 16.4. The van der Waals surface area contributed by atoms with Gasteiger partial charge in [0, 0.05) is 19.6 Å². The second kappa shape index (κ2) is 9.31. The topological polar surface area (TPSA) is 44.4 Å². The summed E-state index contributed by atoms with van der Waals surface area (Å²) < 4.78 is 13.3. The largest absolute Gasteiger partial charge is 0.338 e. The standard InChI is InChI=1S/C15H24FN3O/c1-3-19(4-2)12-11-18-15(20)17-10-9-13-7-5-6-8-14(13)16/h5-8H,3-4,9-12H2,1-2H3,(H2,17,18,20). The van der Waals surface area contributed by atoms with Crippen molar-refractivity contribution in [1.29, 1.82) is 0 Å². The molecule has 0 saturated heterocycles. The number of nitrogens with zero attached hydrogens (tertiary/aromatic N) is 1. The third-order valence-corrected chi connectivity index (χ3v) is 3.25. The van der Waals surface area contributed by atoms with E-state index in [9.17, 15) is 9.18 Å². The lowest BCUT2D eigenvalue weighted by molar-refractivity contribution is 0.237. The molecule has 1 aromatic rings. The normalized spacial score (nSPS) is 10.6. The van der Waals surface area contributed by atoms with Crippen LogP contribution in [0.1, 0.15) is 19.4 Å². The number of urea groups is 1.